The van der Waals surface area contributed by atoms with Crippen LogP contribution in [-0.4, -0.2) is 71.4 Å². The summed E-state index contributed by atoms with van der Waals surface area (Å²) in [6.45, 7) is 10.3. The van der Waals surface area contributed by atoms with Crippen molar-refractivity contribution < 1.29 is 13.5 Å². The number of nitrogens with zero attached hydrogens (tertiary/aromatic N) is 3. The van der Waals surface area contributed by atoms with E-state index in [1.165, 1.54) is 25.1 Å². The minimum atomic E-state index is -2.99. The number of nitrogen functional groups attached to an aromatic ring is 1. The molecule has 0 aromatic carbocycles. The van der Waals surface area contributed by atoms with Gasteiger partial charge in [-0.1, -0.05) is 0 Å². The number of allylic oxidation sites excluding steroid dienone is 2. The first-order valence-corrected chi connectivity index (χ1v) is 12.4. The Kier molecular flexibility index (Phi) is 7.42. The topological polar surface area (TPSA) is 90.5 Å². The molecule has 9 heteroatoms. The summed E-state index contributed by atoms with van der Waals surface area (Å²) in [5.41, 5.74) is 7.32. The van der Waals surface area contributed by atoms with Gasteiger partial charge in [-0.2, -0.15) is 8.78 Å². The van der Waals surface area contributed by atoms with Gasteiger partial charge in [0.05, 0.1) is 5.71 Å². The van der Waals surface area contributed by atoms with Gasteiger partial charge in [0, 0.05) is 67.7 Å². The van der Waals surface area contributed by atoms with Crippen LogP contribution in [0.4, 0.5) is 14.6 Å². The summed E-state index contributed by atoms with van der Waals surface area (Å²) in [6.07, 6.45) is 5.67. The van der Waals surface area contributed by atoms with Crippen molar-refractivity contribution in [1.29, 1.82) is 5.41 Å². The summed E-state index contributed by atoms with van der Waals surface area (Å²) in [4.78, 5) is 9.16. The molecule has 7 nitrogen and oxygen atoms in total. The minimum Gasteiger partial charge on any atom is -0.431 e. The summed E-state index contributed by atoms with van der Waals surface area (Å²) in [7, 11) is 0. The van der Waals surface area contributed by atoms with Gasteiger partial charge in [-0.15, -0.1) is 0 Å². The van der Waals surface area contributed by atoms with Gasteiger partial charge in [0.25, 0.3) is 0 Å². The predicted octanol–water partition coefficient (Wildman–Crippen LogP) is 3.57. The number of nitrogens with two attached hydrogens (primary N) is 1. The summed E-state index contributed by atoms with van der Waals surface area (Å²) < 4.78 is 29.8. The Morgan fingerprint density at radius 1 is 1.18 bits per heavy atom. The van der Waals surface area contributed by atoms with Crippen LogP contribution in [0, 0.1) is 23.2 Å². The zero-order valence-electron chi connectivity index (χ0n) is 20.6. The van der Waals surface area contributed by atoms with E-state index in [1.54, 1.807) is 0 Å². The molecule has 3 aliphatic rings. The smallest absolute Gasteiger partial charge is 0.387 e. The molecule has 0 radical (unpaired) electrons. The molecule has 1 unspecified atom stereocenters. The van der Waals surface area contributed by atoms with Crippen molar-refractivity contribution in [2.45, 2.75) is 65.3 Å². The molecule has 1 aromatic heterocycles. The molecule has 0 spiro atoms. The number of hydrogen-bond acceptors (Lipinski definition) is 7. The molecule has 4 N–H and O–H groups in total. The average molecular weight is 477 g/mol. The van der Waals surface area contributed by atoms with Gasteiger partial charge >= 0.3 is 6.61 Å². The standard InChI is InChI=1S/C25H38F2N6O/c1-14(2)31-21(12-20(28)16-9-22(34-25(26)27)24(29)30-13-16)23-18-10-17(11-19(18)23)33-7-5-32(6-8-33)15(3)4/h9,12-15,17-19,23,25,28,31H,5-8,10-11H2,1-4H3,(H2,29,30)/b21-12-,28-20?/t17?,18-,19+,23+. The maximum Gasteiger partial charge on any atom is 0.387 e. The van der Waals surface area contributed by atoms with Gasteiger partial charge in [-0.25, -0.2) is 4.98 Å². The zero-order valence-corrected chi connectivity index (χ0v) is 20.6. The van der Waals surface area contributed by atoms with Gasteiger partial charge in [0.1, 0.15) is 0 Å². The number of fused-ring (bicyclic) bond motifs is 1. The highest BCUT2D eigenvalue weighted by atomic mass is 19.3. The maximum atomic E-state index is 12.7. The summed E-state index contributed by atoms with van der Waals surface area (Å²) in [5.74, 6) is 1.39. The van der Waals surface area contributed by atoms with E-state index in [2.05, 4.69) is 52.5 Å². The van der Waals surface area contributed by atoms with Crippen LogP contribution in [-0.2, 0) is 0 Å². The number of nitrogens with one attached hydrogen (secondary N) is 2. The molecule has 3 fully saturated rings. The summed E-state index contributed by atoms with van der Waals surface area (Å²) >= 11 is 0. The maximum absolute atomic E-state index is 12.7. The third kappa shape index (κ3) is 5.51. The number of hydrogen-bond donors (Lipinski definition) is 3. The van der Waals surface area contributed by atoms with Crippen LogP contribution in [0.3, 0.4) is 0 Å². The molecule has 1 saturated heterocycles. The van der Waals surface area contributed by atoms with Crippen LogP contribution in [0.15, 0.2) is 24.0 Å². The largest absolute Gasteiger partial charge is 0.431 e. The van der Waals surface area contributed by atoms with Crippen LogP contribution in [0.5, 0.6) is 5.75 Å². The summed E-state index contributed by atoms with van der Waals surface area (Å²) in [5, 5.41) is 12.1. The Hall–Kier alpha value is -2.26. The van der Waals surface area contributed by atoms with Gasteiger partial charge in [-0.05, 0) is 64.5 Å². The minimum absolute atomic E-state index is 0.113. The third-order valence-corrected chi connectivity index (χ3v) is 7.54. The normalized spacial score (nSPS) is 28.0. The fourth-order valence-electron chi connectivity index (χ4n) is 5.79. The molecule has 0 amide bonds. The van der Waals surface area contributed by atoms with Crippen LogP contribution < -0.4 is 15.8 Å². The van der Waals surface area contributed by atoms with Gasteiger partial charge in [0.15, 0.2) is 11.6 Å². The van der Waals surface area contributed by atoms with E-state index in [9.17, 15) is 8.78 Å². The molecule has 0 bridgehead atoms. The highest BCUT2D eigenvalue weighted by Crippen LogP contribution is 2.61. The lowest BCUT2D eigenvalue weighted by molar-refractivity contribution is -0.0495. The van der Waals surface area contributed by atoms with E-state index in [4.69, 9.17) is 11.1 Å². The molecular formula is C25H38F2N6O. The Balaban J connectivity index is 1.41. The SMILES string of the molecule is CC(C)N/C(=C\C(=N)c1cnc(N)c(OC(F)F)c1)[C@H]1[C@@H]2CC(N3CCN(C(C)C)CC3)C[C@@H]21. The number of aromatic nitrogens is 1. The highest BCUT2D eigenvalue weighted by molar-refractivity contribution is 6.07. The van der Waals surface area contributed by atoms with Crippen LogP contribution >= 0.6 is 0 Å². The fourth-order valence-corrected chi connectivity index (χ4v) is 5.79. The monoisotopic (exact) mass is 476 g/mol. The van der Waals surface area contributed by atoms with Crippen LogP contribution in [0.2, 0.25) is 0 Å². The lowest BCUT2D eigenvalue weighted by Crippen LogP contribution is -2.51. The fraction of sp³-hybridized carbons (Fsp3) is 0.680. The van der Waals surface area contributed by atoms with Crippen LogP contribution in [0.25, 0.3) is 0 Å². The van der Waals surface area contributed by atoms with E-state index in [1.807, 2.05) is 6.08 Å². The third-order valence-electron chi connectivity index (χ3n) is 7.54. The molecule has 4 atom stereocenters. The second-order valence-electron chi connectivity index (χ2n) is 10.4. The molecule has 2 heterocycles. The zero-order chi connectivity index (χ0) is 24.6. The van der Waals surface area contributed by atoms with Crippen molar-refractivity contribution in [3.8, 4) is 5.75 Å². The molecule has 4 rings (SSSR count). The molecule has 34 heavy (non-hydrogen) atoms. The first-order valence-electron chi connectivity index (χ1n) is 12.4. The molecular weight excluding hydrogens is 438 g/mol. The molecule has 2 saturated carbocycles. The number of alkyl halides is 2. The van der Waals surface area contributed by atoms with E-state index >= 15 is 0 Å². The van der Waals surface area contributed by atoms with Crippen molar-refractivity contribution >= 4 is 11.5 Å². The number of pyridine rings is 1. The molecule has 1 aliphatic heterocycles. The number of piperazine rings is 1. The Morgan fingerprint density at radius 3 is 2.38 bits per heavy atom. The Bertz CT molecular complexity index is 901. The summed E-state index contributed by atoms with van der Waals surface area (Å²) in [6, 6.07) is 2.88. The first-order chi connectivity index (χ1) is 16.1. The number of ether oxygens (including phenoxy) is 1. The van der Waals surface area contributed by atoms with Gasteiger partial charge < -0.3 is 21.2 Å². The predicted molar refractivity (Wildman–Crippen MR) is 130 cm³/mol. The van der Waals surface area contributed by atoms with E-state index < -0.39 is 6.61 Å². The van der Waals surface area contributed by atoms with Crippen molar-refractivity contribution in [2.75, 3.05) is 31.9 Å². The number of anilines is 1. The highest BCUT2D eigenvalue weighted by Gasteiger charge is 2.58. The van der Waals surface area contributed by atoms with E-state index in [-0.39, 0.29) is 23.3 Å². The molecule has 1 aromatic rings. The van der Waals surface area contributed by atoms with Crippen molar-refractivity contribution in [1.82, 2.24) is 20.1 Å². The Labute approximate surface area is 201 Å². The van der Waals surface area contributed by atoms with Crippen molar-refractivity contribution in [3.05, 3.63) is 29.6 Å². The lowest BCUT2D eigenvalue weighted by atomic mass is 10.0. The second kappa shape index (κ2) is 10.2. The van der Waals surface area contributed by atoms with Gasteiger partial charge in [-0.3, -0.25) is 9.80 Å². The van der Waals surface area contributed by atoms with Crippen molar-refractivity contribution in [2.24, 2.45) is 17.8 Å². The quantitative estimate of drug-likeness (QED) is 0.472. The average Bonchev–Trinajstić information content (AvgIpc) is 3.27. The van der Waals surface area contributed by atoms with E-state index in [0.29, 0.717) is 35.4 Å². The molecule has 188 valence electrons. The number of halogens is 2. The van der Waals surface area contributed by atoms with Gasteiger partial charge in [0.2, 0.25) is 0 Å². The lowest BCUT2D eigenvalue weighted by Gasteiger charge is -2.40. The molecule has 2 aliphatic carbocycles. The number of rotatable bonds is 9. The second-order valence-corrected chi connectivity index (χ2v) is 10.4. The van der Waals surface area contributed by atoms with Crippen molar-refractivity contribution in [3.63, 3.8) is 0 Å². The first kappa shape index (κ1) is 24.9. The van der Waals surface area contributed by atoms with Crippen LogP contribution in [0.1, 0.15) is 46.1 Å². The van der Waals surface area contributed by atoms with E-state index in [0.717, 1.165) is 31.9 Å². The Morgan fingerprint density at radius 2 is 1.82 bits per heavy atom.